The molecule has 0 saturated carbocycles. The predicted octanol–water partition coefficient (Wildman–Crippen LogP) is 5.37. The molecular formula is C25H26N2O5. The van der Waals surface area contributed by atoms with Crippen LogP contribution in [0.15, 0.2) is 71.4 Å². The highest BCUT2D eigenvalue weighted by Crippen LogP contribution is 2.28. The van der Waals surface area contributed by atoms with E-state index in [-0.39, 0.29) is 17.6 Å². The zero-order chi connectivity index (χ0) is 22.8. The van der Waals surface area contributed by atoms with Gasteiger partial charge in [0.1, 0.15) is 0 Å². The van der Waals surface area contributed by atoms with E-state index in [0.717, 1.165) is 18.4 Å². The second-order valence-electron chi connectivity index (χ2n) is 6.94. The second kappa shape index (κ2) is 11.4. The topological polar surface area (TPSA) is 89.8 Å². The van der Waals surface area contributed by atoms with E-state index in [2.05, 4.69) is 17.6 Å². The van der Waals surface area contributed by atoms with Crippen molar-refractivity contribution in [1.82, 2.24) is 0 Å². The molecule has 7 heteroatoms. The van der Waals surface area contributed by atoms with Gasteiger partial charge in [0.15, 0.2) is 17.3 Å². The highest BCUT2D eigenvalue weighted by atomic mass is 16.5. The third kappa shape index (κ3) is 6.50. The molecule has 3 aromatic rings. The largest absolute Gasteiger partial charge is 0.493 e. The summed E-state index contributed by atoms with van der Waals surface area (Å²) in [6.45, 7) is 2.74. The van der Waals surface area contributed by atoms with E-state index in [1.54, 1.807) is 49.6 Å². The van der Waals surface area contributed by atoms with Crippen LogP contribution >= 0.6 is 0 Å². The summed E-state index contributed by atoms with van der Waals surface area (Å²) in [4.78, 5) is 24.3. The van der Waals surface area contributed by atoms with Gasteiger partial charge >= 0.3 is 0 Å². The van der Waals surface area contributed by atoms with Crippen molar-refractivity contribution in [3.8, 4) is 11.5 Å². The summed E-state index contributed by atoms with van der Waals surface area (Å²) >= 11 is 0. The van der Waals surface area contributed by atoms with Crippen LogP contribution in [0.4, 0.5) is 11.4 Å². The van der Waals surface area contributed by atoms with Gasteiger partial charge < -0.3 is 24.5 Å². The number of methoxy groups -OCH3 is 1. The van der Waals surface area contributed by atoms with E-state index in [4.69, 9.17) is 13.9 Å². The minimum atomic E-state index is -0.341. The fraction of sp³-hybridized carbons (Fsp3) is 0.200. The highest BCUT2D eigenvalue weighted by Gasteiger charge is 2.09. The maximum Gasteiger partial charge on any atom is 0.291 e. The molecular weight excluding hydrogens is 408 g/mol. The molecule has 166 valence electrons. The number of hydrogen-bond donors (Lipinski definition) is 2. The summed E-state index contributed by atoms with van der Waals surface area (Å²) in [5.41, 5.74) is 2.01. The van der Waals surface area contributed by atoms with Gasteiger partial charge in [-0.3, -0.25) is 9.59 Å². The molecule has 3 rings (SSSR count). The molecule has 2 N–H and O–H groups in total. The van der Waals surface area contributed by atoms with Crippen molar-refractivity contribution in [2.24, 2.45) is 0 Å². The van der Waals surface area contributed by atoms with Crippen LogP contribution in [0.3, 0.4) is 0 Å². The number of furan rings is 1. The van der Waals surface area contributed by atoms with Gasteiger partial charge in [-0.2, -0.15) is 0 Å². The summed E-state index contributed by atoms with van der Waals surface area (Å²) in [6, 6.07) is 15.5. The average molecular weight is 434 g/mol. The summed E-state index contributed by atoms with van der Waals surface area (Å²) in [7, 11) is 1.59. The molecule has 2 aromatic carbocycles. The monoisotopic (exact) mass is 434 g/mol. The zero-order valence-corrected chi connectivity index (χ0v) is 18.1. The van der Waals surface area contributed by atoms with E-state index in [1.807, 2.05) is 18.2 Å². The average Bonchev–Trinajstić information content (AvgIpc) is 3.35. The molecule has 0 unspecified atom stereocenters. The standard InChI is InChI=1S/C25H26N2O5/c1-3-4-15-31-21-13-7-18(17-23(21)30-2)8-14-24(28)26-19-9-11-20(12-10-19)27-25(29)22-6-5-16-32-22/h5-14,16-17H,3-4,15H2,1-2H3,(H,26,28)(H,27,29)/b14-8+. The van der Waals surface area contributed by atoms with E-state index >= 15 is 0 Å². The van der Waals surface area contributed by atoms with Crippen LogP contribution in [-0.2, 0) is 4.79 Å². The van der Waals surface area contributed by atoms with Crippen LogP contribution in [0.5, 0.6) is 11.5 Å². The Labute approximate surface area is 187 Å². The summed E-state index contributed by atoms with van der Waals surface area (Å²) in [5.74, 6) is 0.911. The molecule has 1 heterocycles. The van der Waals surface area contributed by atoms with Gasteiger partial charge in [-0.25, -0.2) is 0 Å². The molecule has 0 spiro atoms. The number of anilines is 2. The van der Waals surface area contributed by atoms with Crippen LogP contribution in [0, 0.1) is 0 Å². The minimum Gasteiger partial charge on any atom is -0.493 e. The maximum atomic E-state index is 12.3. The Hall–Kier alpha value is -4.00. The molecule has 2 amide bonds. The Kier molecular flexibility index (Phi) is 8.09. The zero-order valence-electron chi connectivity index (χ0n) is 18.1. The van der Waals surface area contributed by atoms with Crippen LogP contribution < -0.4 is 20.1 Å². The first-order chi connectivity index (χ1) is 15.6. The predicted molar refractivity (Wildman–Crippen MR) is 124 cm³/mol. The lowest BCUT2D eigenvalue weighted by Crippen LogP contribution is -2.11. The van der Waals surface area contributed by atoms with E-state index in [0.29, 0.717) is 29.5 Å². The van der Waals surface area contributed by atoms with Crippen molar-refractivity contribution in [2.75, 3.05) is 24.4 Å². The molecule has 1 aromatic heterocycles. The normalized spacial score (nSPS) is 10.7. The van der Waals surface area contributed by atoms with Crippen LogP contribution in [-0.4, -0.2) is 25.5 Å². The SMILES string of the molecule is CCCCOc1ccc(/C=C/C(=O)Nc2ccc(NC(=O)c3ccco3)cc2)cc1OC. The molecule has 0 saturated heterocycles. The fourth-order valence-corrected chi connectivity index (χ4v) is 2.83. The Morgan fingerprint density at radius 3 is 2.41 bits per heavy atom. The van der Waals surface area contributed by atoms with Gasteiger partial charge in [-0.1, -0.05) is 19.4 Å². The Bertz CT molecular complexity index is 1060. The number of carbonyl (C=O) groups excluding carboxylic acids is 2. The molecule has 0 aliphatic heterocycles. The first-order valence-corrected chi connectivity index (χ1v) is 10.3. The van der Waals surface area contributed by atoms with Crippen LogP contribution in [0.1, 0.15) is 35.9 Å². The number of carbonyl (C=O) groups is 2. The van der Waals surface area contributed by atoms with Crippen molar-refractivity contribution in [3.05, 3.63) is 78.3 Å². The molecule has 0 aliphatic carbocycles. The van der Waals surface area contributed by atoms with Gasteiger partial charge in [0.05, 0.1) is 20.0 Å². The number of nitrogens with one attached hydrogen (secondary N) is 2. The molecule has 0 bridgehead atoms. The van der Waals surface area contributed by atoms with E-state index in [9.17, 15) is 9.59 Å². The molecule has 0 radical (unpaired) electrons. The second-order valence-corrected chi connectivity index (χ2v) is 6.94. The first-order valence-electron chi connectivity index (χ1n) is 10.3. The van der Waals surface area contributed by atoms with Crippen molar-refractivity contribution >= 4 is 29.3 Å². The summed E-state index contributed by atoms with van der Waals surface area (Å²) < 4.78 is 16.2. The smallest absolute Gasteiger partial charge is 0.291 e. The van der Waals surface area contributed by atoms with Crippen LogP contribution in [0.2, 0.25) is 0 Å². The van der Waals surface area contributed by atoms with E-state index < -0.39 is 0 Å². The first kappa shape index (κ1) is 22.7. The molecule has 7 nitrogen and oxygen atoms in total. The number of ether oxygens (including phenoxy) is 2. The Morgan fingerprint density at radius 2 is 1.75 bits per heavy atom. The van der Waals surface area contributed by atoms with Crippen molar-refractivity contribution in [2.45, 2.75) is 19.8 Å². The minimum absolute atomic E-state index is 0.227. The van der Waals surface area contributed by atoms with Gasteiger partial charge in [0.25, 0.3) is 5.91 Å². The van der Waals surface area contributed by atoms with Gasteiger partial charge in [-0.15, -0.1) is 0 Å². The summed E-state index contributed by atoms with van der Waals surface area (Å²) in [6.07, 6.45) is 6.61. The third-order valence-corrected chi connectivity index (χ3v) is 4.53. The number of amides is 2. The van der Waals surface area contributed by atoms with E-state index in [1.165, 1.54) is 12.3 Å². The van der Waals surface area contributed by atoms with Gasteiger partial charge in [0, 0.05) is 17.5 Å². The lowest BCUT2D eigenvalue weighted by molar-refractivity contribution is -0.111. The number of benzene rings is 2. The number of hydrogen-bond acceptors (Lipinski definition) is 5. The van der Waals surface area contributed by atoms with Crippen molar-refractivity contribution < 1.29 is 23.5 Å². The molecule has 0 fully saturated rings. The highest BCUT2D eigenvalue weighted by molar-refractivity contribution is 6.03. The third-order valence-electron chi connectivity index (χ3n) is 4.53. The lowest BCUT2D eigenvalue weighted by atomic mass is 10.2. The lowest BCUT2D eigenvalue weighted by Gasteiger charge is -2.11. The van der Waals surface area contributed by atoms with Crippen molar-refractivity contribution in [1.29, 1.82) is 0 Å². The summed E-state index contributed by atoms with van der Waals surface area (Å²) in [5, 5.41) is 5.50. The quantitative estimate of drug-likeness (QED) is 0.331. The fourth-order valence-electron chi connectivity index (χ4n) is 2.83. The number of unbranched alkanes of at least 4 members (excludes halogenated alkanes) is 1. The van der Waals surface area contributed by atoms with Gasteiger partial charge in [0.2, 0.25) is 5.91 Å². The Morgan fingerprint density at radius 1 is 1.00 bits per heavy atom. The molecule has 32 heavy (non-hydrogen) atoms. The van der Waals surface area contributed by atoms with Crippen LogP contribution in [0.25, 0.3) is 6.08 Å². The Balaban J connectivity index is 1.55. The van der Waals surface area contributed by atoms with Gasteiger partial charge in [-0.05, 0) is 66.6 Å². The number of rotatable bonds is 10. The molecule has 0 atom stereocenters. The maximum absolute atomic E-state index is 12.3. The van der Waals surface area contributed by atoms with Crippen molar-refractivity contribution in [3.63, 3.8) is 0 Å². The molecule has 0 aliphatic rings.